The van der Waals surface area contributed by atoms with Crippen LogP contribution in [-0.4, -0.2) is 54.0 Å². The highest BCUT2D eigenvalue weighted by Gasteiger charge is 2.45. The van der Waals surface area contributed by atoms with Gasteiger partial charge in [-0.15, -0.1) is 0 Å². The maximum Gasteiger partial charge on any atom is 0.241 e. The smallest absolute Gasteiger partial charge is 0.241 e. The number of carbonyl (C=O) groups is 1. The monoisotopic (exact) mass is 495 g/mol. The Morgan fingerprint density at radius 2 is 1.94 bits per heavy atom. The Morgan fingerprint density at radius 1 is 1.17 bits per heavy atom. The second kappa shape index (κ2) is 9.41. The molecule has 1 saturated heterocycles. The molecule has 0 radical (unpaired) electrons. The van der Waals surface area contributed by atoms with E-state index in [1.54, 1.807) is 29.2 Å². The number of benzene rings is 2. The van der Waals surface area contributed by atoms with Crippen molar-refractivity contribution in [3.63, 3.8) is 0 Å². The van der Waals surface area contributed by atoms with Crippen molar-refractivity contribution >= 4 is 26.8 Å². The summed E-state index contributed by atoms with van der Waals surface area (Å²) in [5, 5.41) is 12.0. The van der Waals surface area contributed by atoms with Gasteiger partial charge in [0.15, 0.2) is 0 Å². The number of hydrogen-bond donors (Lipinski definition) is 3. The molecule has 1 aliphatic carbocycles. The van der Waals surface area contributed by atoms with Gasteiger partial charge in [-0.05, 0) is 56.4 Å². The third-order valence-corrected chi connectivity index (χ3v) is 9.25. The quantitative estimate of drug-likeness (QED) is 0.487. The van der Waals surface area contributed by atoms with Gasteiger partial charge in [0, 0.05) is 36.1 Å². The number of aryl methyl sites for hydroxylation is 1. The fraction of sp³-hybridized carbons (Fsp3) is 0.444. The van der Waals surface area contributed by atoms with E-state index in [1.807, 2.05) is 37.4 Å². The Hall–Kier alpha value is -2.68. The summed E-state index contributed by atoms with van der Waals surface area (Å²) in [5.74, 6) is -0.199. The average molecular weight is 496 g/mol. The molecule has 1 aliphatic heterocycles. The lowest BCUT2D eigenvalue weighted by Crippen LogP contribution is -2.58. The first-order valence-corrected chi connectivity index (χ1v) is 13.9. The lowest BCUT2D eigenvalue weighted by molar-refractivity contribution is -0.145. The predicted molar refractivity (Wildman–Crippen MR) is 135 cm³/mol. The molecule has 7 nitrogen and oxygen atoms in total. The minimum absolute atomic E-state index is 0.0383. The van der Waals surface area contributed by atoms with Crippen LogP contribution in [-0.2, 0) is 21.2 Å². The van der Waals surface area contributed by atoms with Crippen LogP contribution < -0.4 is 4.72 Å². The molecule has 2 aliphatic rings. The highest BCUT2D eigenvalue weighted by molar-refractivity contribution is 7.89. The number of hydrogen-bond acceptors (Lipinski definition) is 4. The van der Waals surface area contributed by atoms with Gasteiger partial charge in [0.2, 0.25) is 15.9 Å². The second-order valence-electron chi connectivity index (χ2n) is 10.1. The zero-order valence-electron chi connectivity index (χ0n) is 20.0. The Bertz CT molecular complexity index is 1320. The van der Waals surface area contributed by atoms with Gasteiger partial charge in [-0.1, -0.05) is 48.7 Å². The Labute approximate surface area is 206 Å². The van der Waals surface area contributed by atoms with E-state index < -0.39 is 21.7 Å². The van der Waals surface area contributed by atoms with Crippen LogP contribution in [0.15, 0.2) is 59.6 Å². The Balaban J connectivity index is 1.43. The van der Waals surface area contributed by atoms with Crippen molar-refractivity contribution in [2.24, 2.45) is 5.92 Å². The van der Waals surface area contributed by atoms with E-state index in [9.17, 15) is 18.3 Å². The number of piperidine rings is 1. The molecule has 0 unspecified atom stereocenters. The summed E-state index contributed by atoms with van der Waals surface area (Å²) < 4.78 is 29.3. The molecule has 8 heteroatoms. The summed E-state index contributed by atoms with van der Waals surface area (Å²) in [7, 11) is -3.91. The molecule has 186 valence electrons. The molecule has 1 saturated carbocycles. The number of rotatable bonds is 6. The first kappa shape index (κ1) is 24.0. The van der Waals surface area contributed by atoms with E-state index in [-0.39, 0.29) is 23.1 Å². The van der Waals surface area contributed by atoms with Crippen molar-refractivity contribution in [1.82, 2.24) is 14.6 Å². The molecular weight excluding hydrogens is 462 g/mol. The Morgan fingerprint density at radius 3 is 2.74 bits per heavy atom. The maximum atomic E-state index is 13.8. The van der Waals surface area contributed by atoms with Crippen molar-refractivity contribution < 1.29 is 18.3 Å². The molecule has 0 bridgehead atoms. The van der Waals surface area contributed by atoms with Crippen LogP contribution in [0, 0.1) is 12.8 Å². The molecule has 1 amide bonds. The fourth-order valence-corrected chi connectivity index (χ4v) is 6.85. The van der Waals surface area contributed by atoms with E-state index >= 15 is 0 Å². The number of H-pyrrole nitrogens is 1. The number of aromatic amines is 1. The highest BCUT2D eigenvalue weighted by atomic mass is 32.2. The van der Waals surface area contributed by atoms with Crippen LogP contribution in [0.1, 0.15) is 43.2 Å². The van der Waals surface area contributed by atoms with Crippen LogP contribution in [0.4, 0.5) is 0 Å². The van der Waals surface area contributed by atoms with E-state index in [2.05, 4.69) is 9.71 Å². The summed E-state index contributed by atoms with van der Waals surface area (Å²) in [5.41, 5.74) is 2.09. The van der Waals surface area contributed by atoms with Crippen LogP contribution in [0.2, 0.25) is 0 Å². The summed E-state index contributed by atoms with van der Waals surface area (Å²) in [6.07, 6.45) is 6.35. The number of fused-ring (bicyclic) bond motifs is 2. The zero-order chi connectivity index (χ0) is 24.6. The van der Waals surface area contributed by atoms with E-state index in [0.29, 0.717) is 19.5 Å². The van der Waals surface area contributed by atoms with E-state index in [1.165, 1.54) is 0 Å². The minimum atomic E-state index is -3.91. The van der Waals surface area contributed by atoms with E-state index in [0.717, 1.165) is 47.7 Å². The molecule has 3 aromatic rings. The number of carbonyl (C=O) groups excluding carboxylic acids is 1. The van der Waals surface area contributed by atoms with Gasteiger partial charge < -0.3 is 15.0 Å². The summed E-state index contributed by atoms with van der Waals surface area (Å²) in [6, 6.07) is 13.5. The second-order valence-corrected chi connectivity index (χ2v) is 11.8. The molecule has 0 spiro atoms. The third-order valence-electron chi connectivity index (χ3n) is 7.77. The van der Waals surface area contributed by atoms with Gasteiger partial charge in [-0.25, -0.2) is 8.42 Å². The molecular formula is C27H33N3O4S. The molecule has 3 N–H and O–H groups in total. The Kier molecular flexibility index (Phi) is 6.46. The van der Waals surface area contributed by atoms with Crippen molar-refractivity contribution in [3.8, 4) is 0 Å². The largest absolute Gasteiger partial charge is 0.389 e. The summed E-state index contributed by atoms with van der Waals surface area (Å²) in [4.78, 5) is 18.9. The molecule has 2 aromatic carbocycles. The first-order valence-electron chi connectivity index (χ1n) is 12.4. The van der Waals surface area contributed by atoms with Crippen molar-refractivity contribution in [2.45, 2.75) is 62.0 Å². The fourth-order valence-electron chi connectivity index (χ4n) is 5.66. The molecule has 1 aromatic heterocycles. The van der Waals surface area contributed by atoms with Gasteiger partial charge in [0.05, 0.1) is 10.5 Å². The lowest BCUT2D eigenvalue weighted by atomic mass is 9.71. The van der Waals surface area contributed by atoms with Crippen LogP contribution in [0.5, 0.6) is 0 Å². The number of nitrogens with one attached hydrogen (secondary N) is 2. The number of sulfonamides is 1. The van der Waals surface area contributed by atoms with Gasteiger partial charge in [0.1, 0.15) is 6.04 Å². The summed E-state index contributed by atoms with van der Waals surface area (Å²) in [6.45, 7) is 2.80. The number of aromatic nitrogens is 1. The van der Waals surface area contributed by atoms with Gasteiger partial charge in [-0.2, -0.15) is 4.72 Å². The standard InChI is InChI=1S/C27H33N3O4S/c1-19-9-11-22(12-10-19)35(33,34)29-25(16-20-17-28-24-8-3-2-7-23(20)24)26(31)30-15-14-27(32)13-5-4-6-21(27)18-30/h2-3,7-12,17,21,25,28-29,32H,4-6,13-16,18H2,1H3/t21-,25-,27+/m1/s1. The van der Waals surface area contributed by atoms with Gasteiger partial charge in [-0.3, -0.25) is 4.79 Å². The number of nitrogens with zero attached hydrogens (tertiary/aromatic N) is 1. The SMILES string of the molecule is Cc1ccc(S(=O)(=O)N[C@H](Cc2c[nH]c3ccccc23)C(=O)N2CC[C@@]3(O)CCCC[C@@H]3C2)cc1. The average Bonchev–Trinajstić information content (AvgIpc) is 3.25. The zero-order valence-corrected chi connectivity index (χ0v) is 20.9. The molecule has 5 rings (SSSR count). The predicted octanol–water partition coefficient (Wildman–Crippen LogP) is 3.52. The molecule has 2 fully saturated rings. The van der Waals surface area contributed by atoms with Gasteiger partial charge >= 0.3 is 0 Å². The number of likely N-dealkylation sites (tertiary alicyclic amines) is 1. The lowest BCUT2D eigenvalue weighted by Gasteiger charge is -2.48. The molecule has 3 atom stereocenters. The van der Waals surface area contributed by atoms with Crippen molar-refractivity contribution in [3.05, 3.63) is 65.9 Å². The van der Waals surface area contributed by atoms with Crippen molar-refractivity contribution in [2.75, 3.05) is 13.1 Å². The highest BCUT2D eigenvalue weighted by Crippen LogP contribution is 2.40. The molecule has 35 heavy (non-hydrogen) atoms. The minimum Gasteiger partial charge on any atom is -0.389 e. The number of aliphatic hydroxyl groups is 1. The number of amides is 1. The summed E-state index contributed by atoms with van der Waals surface area (Å²) >= 11 is 0. The maximum absolute atomic E-state index is 13.8. The van der Waals surface area contributed by atoms with Crippen LogP contribution in [0.3, 0.4) is 0 Å². The topological polar surface area (TPSA) is 102 Å². The number of para-hydroxylation sites is 1. The van der Waals surface area contributed by atoms with Crippen LogP contribution >= 0.6 is 0 Å². The van der Waals surface area contributed by atoms with Gasteiger partial charge in [0.25, 0.3) is 0 Å². The van der Waals surface area contributed by atoms with Crippen LogP contribution in [0.25, 0.3) is 10.9 Å². The molecule has 2 heterocycles. The van der Waals surface area contributed by atoms with E-state index in [4.69, 9.17) is 0 Å². The normalized spacial score (nSPS) is 23.7. The first-order chi connectivity index (χ1) is 16.7. The van der Waals surface area contributed by atoms with Crippen molar-refractivity contribution in [1.29, 1.82) is 0 Å². The third kappa shape index (κ3) is 4.87.